The van der Waals surface area contributed by atoms with Crippen molar-refractivity contribution in [3.05, 3.63) is 41.3 Å². The molecule has 8 nitrogen and oxygen atoms in total. The van der Waals surface area contributed by atoms with E-state index in [-0.39, 0.29) is 18.0 Å². The molecule has 1 spiro atoms. The Hall–Kier alpha value is -2.59. The number of ether oxygens (including phenoxy) is 1. The summed E-state index contributed by atoms with van der Waals surface area (Å²) in [6, 6.07) is 9.61. The topological polar surface area (TPSA) is 66.7 Å². The van der Waals surface area contributed by atoms with Gasteiger partial charge in [-0.1, -0.05) is 23.7 Å². The lowest BCUT2D eigenvalue weighted by Crippen LogP contribution is -2.60. The molecule has 1 aliphatic carbocycles. The van der Waals surface area contributed by atoms with Crippen LogP contribution in [0.5, 0.6) is 0 Å². The van der Waals surface area contributed by atoms with E-state index < -0.39 is 11.6 Å². The highest BCUT2D eigenvalue weighted by atomic mass is 35.5. The number of alkyl halides is 1. The number of nitrogens with zero attached hydrogens (tertiary/aromatic N) is 6. The third-order valence-corrected chi connectivity index (χ3v) is 11.2. The molecule has 4 aliphatic heterocycles. The standard InChI is InChI=1S/C33H40ClFN6O2/c1-20(2)40-19-36-28-15-27(37-31(34)30(28)40)21-5-6-26-29(12-21)41(24-13-23(14-24)39-9-3-4-22(35)16-39)32(42)33(26)7-10-38(11-8-33)25-17-43-18-25/h5-6,12,15,19-20,22-25H,3-4,7-11,13-14,16-18H2,1-2H3/t22-,23-,24+/m1/s1. The fourth-order valence-electron chi connectivity index (χ4n) is 8.21. The number of likely N-dealkylation sites (tertiary alicyclic amines) is 2. The van der Waals surface area contributed by atoms with Crippen molar-refractivity contribution in [3.8, 4) is 11.3 Å². The molecule has 3 saturated heterocycles. The number of amides is 1. The molecule has 2 aromatic heterocycles. The quantitative estimate of drug-likeness (QED) is 0.364. The molecule has 1 amide bonds. The summed E-state index contributed by atoms with van der Waals surface area (Å²) in [5, 5.41) is 0.436. The number of rotatable bonds is 5. The molecule has 0 radical (unpaired) electrons. The predicted molar refractivity (Wildman–Crippen MR) is 165 cm³/mol. The Morgan fingerprint density at radius 3 is 2.53 bits per heavy atom. The van der Waals surface area contributed by atoms with Gasteiger partial charge in [0.15, 0.2) is 5.15 Å². The summed E-state index contributed by atoms with van der Waals surface area (Å²) in [6.07, 6.45) is 6.10. The summed E-state index contributed by atoms with van der Waals surface area (Å²) in [5.74, 6) is 0.242. The average molecular weight is 607 g/mol. The summed E-state index contributed by atoms with van der Waals surface area (Å²) in [5.41, 5.74) is 5.01. The Bertz CT molecular complexity index is 1560. The van der Waals surface area contributed by atoms with Crippen LogP contribution in [0.25, 0.3) is 22.3 Å². The number of carbonyl (C=O) groups is 1. The van der Waals surface area contributed by atoms with Crippen LogP contribution in [0, 0.1) is 0 Å². The zero-order valence-corrected chi connectivity index (χ0v) is 25.8. The molecular weight excluding hydrogens is 567 g/mol. The highest BCUT2D eigenvalue weighted by Crippen LogP contribution is 2.52. The fourth-order valence-corrected chi connectivity index (χ4v) is 8.49. The molecule has 4 fully saturated rings. The first kappa shape index (κ1) is 27.9. The van der Waals surface area contributed by atoms with Gasteiger partial charge in [0.25, 0.3) is 0 Å². The van der Waals surface area contributed by atoms with Crippen molar-refractivity contribution in [1.29, 1.82) is 0 Å². The van der Waals surface area contributed by atoms with E-state index in [4.69, 9.17) is 21.3 Å². The number of anilines is 1. The third kappa shape index (κ3) is 4.44. The van der Waals surface area contributed by atoms with Gasteiger partial charge < -0.3 is 14.2 Å². The molecular formula is C33H40ClFN6O2. The fraction of sp³-hybridized carbons (Fsp3) is 0.606. The third-order valence-electron chi connectivity index (χ3n) is 10.9. The van der Waals surface area contributed by atoms with E-state index in [2.05, 4.69) is 51.7 Å². The van der Waals surface area contributed by atoms with Crippen LogP contribution >= 0.6 is 11.6 Å². The lowest BCUT2D eigenvalue weighted by Gasteiger charge is -2.49. The minimum atomic E-state index is -0.734. The van der Waals surface area contributed by atoms with E-state index in [1.165, 1.54) is 0 Å². The molecule has 0 unspecified atom stereocenters. The molecule has 1 saturated carbocycles. The molecule has 3 aromatic rings. The van der Waals surface area contributed by atoms with Crippen LogP contribution in [0.4, 0.5) is 10.1 Å². The number of benzene rings is 1. The Balaban J connectivity index is 1.13. The Labute approximate surface area is 257 Å². The second-order valence-electron chi connectivity index (χ2n) is 13.6. The number of halogens is 2. The summed E-state index contributed by atoms with van der Waals surface area (Å²) >= 11 is 6.75. The largest absolute Gasteiger partial charge is 0.378 e. The molecule has 1 aromatic carbocycles. The second-order valence-corrected chi connectivity index (χ2v) is 14.0. The predicted octanol–water partition coefficient (Wildman–Crippen LogP) is 5.38. The highest BCUT2D eigenvalue weighted by Gasteiger charge is 2.56. The van der Waals surface area contributed by atoms with E-state index >= 15 is 0 Å². The average Bonchev–Trinajstić information content (AvgIpc) is 3.47. The van der Waals surface area contributed by atoms with Gasteiger partial charge in [-0.15, -0.1) is 0 Å². The number of pyridine rings is 1. The number of carbonyl (C=O) groups excluding carboxylic acids is 1. The number of hydrogen-bond acceptors (Lipinski definition) is 6. The summed E-state index contributed by atoms with van der Waals surface area (Å²) in [4.78, 5) is 30.9. The van der Waals surface area contributed by atoms with E-state index in [9.17, 15) is 9.18 Å². The molecule has 0 N–H and O–H groups in total. The number of hydrogen-bond donors (Lipinski definition) is 0. The zero-order chi connectivity index (χ0) is 29.5. The van der Waals surface area contributed by atoms with Crippen molar-refractivity contribution in [2.24, 2.45) is 0 Å². The molecule has 5 aliphatic rings. The van der Waals surface area contributed by atoms with Gasteiger partial charge in [0.2, 0.25) is 5.91 Å². The molecule has 43 heavy (non-hydrogen) atoms. The van der Waals surface area contributed by atoms with Gasteiger partial charge >= 0.3 is 0 Å². The van der Waals surface area contributed by atoms with E-state index in [1.807, 2.05) is 17.0 Å². The lowest BCUT2D eigenvalue weighted by atomic mass is 9.73. The minimum Gasteiger partial charge on any atom is -0.378 e. The maximum Gasteiger partial charge on any atom is 0.238 e. The smallest absolute Gasteiger partial charge is 0.238 e. The first-order chi connectivity index (χ1) is 20.8. The minimum absolute atomic E-state index is 0.129. The maximum absolute atomic E-state index is 14.6. The van der Waals surface area contributed by atoms with Crippen molar-refractivity contribution in [3.63, 3.8) is 0 Å². The van der Waals surface area contributed by atoms with Crippen LogP contribution in [-0.2, 0) is 14.9 Å². The first-order valence-electron chi connectivity index (χ1n) is 16.0. The van der Waals surface area contributed by atoms with E-state index in [0.717, 1.165) is 98.5 Å². The van der Waals surface area contributed by atoms with Gasteiger partial charge in [0.1, 0.15) is 11.7 Å². The van der Waals surface area contributed by atoms with Gasteiger partial charge in [-0.2, -0.15) is 0 Å². The summed E-state index contributed by atoms with van der Waals surface area (Å²) in [7, 11) is 0. The van der Waals surface area contributed by atoms with Crippen LogP contribution in [0.1, 0.15) is 64.0 Å². The van der Waals surface area contributed by atoms with Crippen LogP contribution in [0.15, 0.2) is 30.6 Å². The molecule has 6 heterocycles. The summed E-state index contributed by atoms with van der Waals surface area (Å²) < 4.78 is 21.7. The Kier molecular flexibility index (Phi) is 6.82. The maximum atomic E-state index is 14.6. The monoisotopic (exact) mass is 606 g/mol. The van der Waals surface area contributed by atoms with E-state index in [1.54, 1.807) is 0 Å². The van der Waals surface area contributed by atoms with Gasteiger partial charge in [-0.25, -0.2) is 14.4 Å². The van der Waals surface area contributed by atoms with Gasteiger partial charge in [0.05, 0.1) is 42.2 Å². The van der Waals surface area contributed by atoms with Crippen molar-refractivity contribution in [1.82, 2.24) is 24.3 Å². The molecule has 8 rings (SSSR count). The van der Waals surface area contributed by atoms with Crippen LogP contribution < -0.4 is 4.90 Å². The SMILES string of the molecule is CC(C)n1cnc2cc(-c3ccc4c(c3)N([C@H]3C[C@@H](N5CCC[C@@H](F)C5)C3)C(=O)C43CCN(C4COC4)CC3)nc(Cl)c21. The number of piperidine rings is 2. The normalized spacial score (nSPS) is 28.1. The summed E-state index contributed by atoms with van der Waals surface area (Å²) in [6.45, 7) is 9.08. The first-order valence-corrected chi connectivity index (χ1v) is 16.4. The van der Waals surface area contributed by atoms with Crippen LogP contribution in [-0.4, -0.2) is 93.9 Å². The van der Waals surface area contributed by atoms with Crippen LogP contribution in [0.3, 0.4) is 0 Å². The molecule has 228 valence electrons. The van der Waals surface area contributed by atoms with Crippen molar-refractivity contribution in [2.75, 3.05) is 44.3 Å². The van der Waals surface area contributed by atoms with Crippen LogP contribution in [0.2, 0.25) is 5.15 Å². The molecule has 1 atom stereocenters. The molecule has 10 heteroatoms. The van der Waals surface area contributed by atoms with E-state index in [0.29, 0.717) is 30.2 Å². The Morgan fingerprint density at radius 2 is 1.84 bits per heavy atom. The second kappa shape index (κ2) is 10.5. The number of imidazole rings is 1. The molecule has 0 bridgehead atoms. The van der Waals surface area contributed by atoms with Crippen molar-refractivity contribution < 1.29 is 13.9 Å². The van der Waals surface area contributed by atoms with Gasteiger partial charge in [-0.05, 0) is 89.7 Å². The number of fused-ring (bicyclic) bond motifs is 3. The zero-order valence-electron chi connectivity index (χ0n) is 25.0. The lowest BCUT2D eigenvalue weighted by molar-refractivity contribution is -0.128. The van der Waals surface area contributed by atoms with Gasteiger partial charge in [0, 0.05) is 35.9 Å². The van der Waals surface area contributed by atoms with Crippen molar-refractivity contribution in [2.45, 2.75) is 88.1 Å². The Morgan fingerprint density at radius 1 is 1.05 bits per heavy atom. The highest BCUT2D eigenvalue weighted by molar-refractivity contribution is 6.34. The van der Waals surface area contributed by atoms with Gasteiger partial charge in [-0.3, -0.25) is 14.6 Å². The number of aromatic nitrogens is 3. The van der Waals surface area contributed by atoms with Crippen molar-refractivity contribution >= 4 is 34.2 Å².